The lowest BCUT2D eigenvalue weighted by atomic mass is 9.99. The summed E-state index contributed by atoms with van der Waals surface area (Å²) in [6.07, 6.45) is 2.01. The Morgan fingerprint density at radius 3 is 2.78 bits per heavy atom. The molecule has 0 aromatic heterocycles. The van der Waals surface area contributed by atoms with E-state index in [1.807, 2.05) is 17.0 Å². The molecule has 1 amide bonds. The van der Waals surface area contributed by atoms with Crippen LogP contribution in [0.5, 0.6) is 0 Å². The molecule has 120 valence electrons. The number of hydrogen-bond acceptors (Lipinski definition) is 2. The second-order valence-electron chi connectivity index (χ2n) is 5.83. The number of nitrogens with zero attached hydrogens (tertiary/aromatic N) is 1. The van der Waals surface area contributed by atoms with Crippen molar-refractivity contribution >= 4 is 17.3 Å². The fourth-order valence-electron chi connectivity index (χ4n) is 2.92. The summed E-state index contributed by atoms with van der Waals surface area (Å²) in [5.74, 6) is -2.14. The van der Waals surface area contributed by atoms with E-state index >= 15 is 0 Å². The molecule has 23 heavy (non-hydrogen) atoms. The molecular weight excluding hydrogens is 298 g/mol. The maximum absolute atomic E-state index is 13.2. The van der Waals surface area contributed by atoms with E-state index < -0.39 is 11.6 Å². The molecule has 0 radical (unpaired) electrons. The van der Waals surface area contributed by atoms with Crippen molar-refractivity contribution in [3.05, 3.63) is 59.2 Å². The Labute approximate surface area is 133 Å². The second kappa shape index (κ2) is 6.36. The molecule has 0 saturated carbocycles. The van der Waals surface area contributed by atoms with Crippen LogP contribution < -0.4 is 10.2 Å². The second-order valence-corrected chi connectivity index (χ2v) is 5.83. The number of carbonyl (C=O) groups is 1. The van der Waals surface area contributed by atoms with Crippen LogP contribution in [0, 0.1) is 18.6 Å². The fourth-order valence-corrected chi connectivity index (χ4v) is 2.92. The molecule has 0 atom stereocenters. The Morgan fingerprint density at radius 2 is 2.00 bits per heavy atom. The first-order valence-corrected chi connectivity index (χ1v) is 7.62. The average molecular weight is 316 g/mol. The van der Waals surface area contributed by atoms with Gasteiger partial charge in [-0.3, -0.25) is 4.79 Å². The lowest BCUT2D eigenvalue weighted by Gasteiger charge is -2.31. The average Bonchev–Trinajstić information content (AvgIpc) is 2.51. The number of fused-ring (bicyclic) bond motifs is 1. The maximum atomic E-state index is 13.2. The summed E-state index contributed by atoms with van der Waals surface area (Å²) in [6, 6.07) is 9.56. The van der Waals surface area contributed by atoms with Crippen LogP contribution in [0.4, 0.5) is 20.2 Å². The highest BCUT2D eigenvalue weighted by Crippen LogP contribution is 2.27. The molecule has 1 heterocycles. The zero-order valence-corrected chi connectivity index (χ0v) is 12.9. The molecule has 2 aromatic rings. The zero-order chi connectivity index (χ0) is 16.4. The van der Waals surface area contributed by atoms with Crippen LogP contribution in [-0.4, -0.2) is 19.0 Å². The van der Waals surface area contributed by atoms with Crippen LogP contribution in [0.2, 0.25) is 0 Å². The van der Waals surface area contributed by atoms with Crippen molar-refractivity contribution < 1.29 is 13.6 Å². The number of nitrogens with one attached hydrogen (secondary N) is 1. The van der Waals surface area contributed by atoms with Gasteiger partial charge in [0.25, 0.3) is 0 Å². The predicted octanol–water partition coefficient (Wildman–Crippen LogP) is 3.66. The minimum atomic E-state index is -0.971. The Morgan fingerprint density at radius 1 is 1.17 bits per heavy atom. The molecule has 3 rings (SSSR count). The van der Waals surface area contributed by atoms with Crippen molar-refractivity contribution in [1.29, 1.82) is 0 Å². The summed E-state index contributed by atoms with van der Waals surface area (Å²) in [5, 5.41) is 2.61. The van der Waals surface area contributed by atoms with Crippen molar-refractivity contribution in [2.75, 3.05) is 23.3 Å². The van der Waals surface area contributed by atoms with Gasteiger partial charge in [0.15, 0.2) is 11.6 Å². The lowest BCUT2D eigenvalue weighted by Crippen LogP contribution is -2.36. The minimum Gasteiger partial charge on any atom is -0.362 e. The smallest absolute Gasteiger partial charge is 0.243 e. The van der Waals surface area contributed by atoms with Crippen molar-refractivity contribution in [2.45, 2.75) is 19.8 Å². The molecule has 1 aliphatic rings. The van der Waals surface area contributed by atoms with Crippen LogP contribution in [0.25, 0.3) is 0 Å². The number of aryl methyl sites for hydroxylation is 2. The van der Waals surface area contributed by atoms with Gasteiger partial charge in [0, 0.05) is 24.0 Å². The Bertz CT molecular complexity index is 746. The Kier molecular flexibility index (Phi) is 4.28. The van der Waals surface area contributed by atoms with E-state index in [1.54, 1.807) is 0 Å². The van der Waals surface area contributed by atoms with E-state index in [9.17, 15) is 13.6 Å². The van der Waals surface area contributed by atoms with Crippen molar-refractivity contribution in [2.24, 2.45) is 0 Å². The topological polar surface area (TPSA) is 32.3 Å². The molecule has 5 heteroatoms. The van der Waals surface area contributed by atoms with Crippen LogP contribution >= 0.6 is 0 Å². The van der Waals surface area contributed by atoms with Gasteiger partial charge in [-0.25, -0.2) is 8.78 Å². The van der Waals surface area contributed by atoms with Gasteiger partial charge in [-0.2, -0.15) is 0 Å². The third kappa shape index (κ3) is 3.50. The van der Waals surface area contributed by atoms with Gasteiger partial charge in [-0.15, -0.1) is 0 Å². The zero-order valence-electron chi connectivity index (χ0n) is 12.9. The van der Waals surface area contributed by atoms with E-state index in [0.29, 0.717) is 0 Å². The monoisotopic (exact) mass is 316 g/mol. The summed E-state index contributed by atoms with van der Waals surface area (Å²) in [6.45, 7) is 3.05. The third-order valence-corrected chi connectivity index (χ3v) is 3.99. The SMILES string of the molecule is Cc1ccc2c(c1)CCCN2CC(=O)Nc1ccc(F)c(F)c1. The van der Waals surface area contributed by atoms with Gasteiger partial charge in [-0.1, -0.05) is 17.7 Å². The lowest BCUT2D eigenvalue weighted by molar-refractivity contribution is -0.115. The molecule has 1 aliphatic heterocycles. The molecule has 1 N–H and O–H groups in total. The van der Waals surface area contributed by atoms with Gasteiger partial charge >= 0.3 is 0 Å². The Balaban J connectivity index is 1.70. The first-order valence-electron chi connectivity index (χ1n) is 7.62. The van der Waals surface area contributed by atoms with E-state index in [0.717, 1.165) is 37.2 Å². The highest BCUT2D eigenvalue weighted by atomic mass is 19.2. The molecular formula is C18H18F2N2O. The molecule has 0 fully saturated rings. The molecule has 0 unspecified atom stereocenters. The highest BCUT2D eigenvalue weighted by molar-refractivity contribution is 5.94. The van der Waals surface area contributed by atoms with Gasteiger partial charge in [-0.05, 0) is 43.5 Å². The standard InChI is InChI=1S/C18H18F2N2O/c1-12-4-7-17-13(9-12)3-2-8-22(17)11-18(23)21-14-5-6-15(19)16(20)10-14/h4-7,9-10H,2-3,8,11H2,1H3,(H,21,23). The fraction of sp³-hybridized carbons (Fsp3) is 0.278. The highest BCUT2D eigenvalue weighted by Gasteiger charge is 2.19. The summed E-state index contributed by atoms with van der Waals surface area (Å²) >= 11 is 0. The van der Waals surface area contributed by atoms with Crippen molar-refractivity contribution in [1.82, 2.24) is 0 Å². The van der Waals surface area contributed by atoms with Crippen LogP contribution in [-0.2, 0) is 11.2 Å². The number of rotatable bonds is 3. The quantitative estimate of drug-likeness (QED) is 0.937. The summed E-state index contributed by atoms with van der Waals surface area (Å²) in [7, 11) is 0. The number of benzene rings is 2. The molecule has 0 spiro atoms. The number of amides is 1. The normalized spacial score (nSPS) is 13.6. The summed E-state index contributed by atoms with van der Waals surface area (Å²) in [5.41, 5.74) is 3.78. The van der Waals surface area contributed by atoms with Crippen LogP contribution in [0.1, 0.15) is 17.5 Å². The predicted molar refractivity (Wildman–Crippen MR) is 86.7 cm³/mol. The summed E-state index contributed by atoms with van der Waals surface area (Å²) in [4.78, 5) is 14.2. The number of halogens is 2. The Hall–Kier alpha value is -2.43. The van der Waals surface area contributed by atoms with E-state index in [-0.39, 0.29) is 18.1 Å². The molecule has 0 bridgehead atoms. The first-order chi connectivity index (χ1) is 11.0. The van der Waals surface area contributed by atoms with Gasteiger partial charge in [0.2, 0.25) is 5.91 Å². The minimum absolute atomic E-state index is 0.190. The van der Waals surface area contributed by atoms with Gasteiger partial charge < -0.3 is 10.2 Å². The first kappa shape index (κ1) is 15.5. The van der Waals surface area contributed by atoms with E-state index in [1.165, 1.54) is 17.2 Å². The number of hydrogen-bond donors (Lipinski definition) is 1. The molecule has 2 aromatic carbocycles. The number of anilines is 2. The van der Waals surface area contributed by atoms with Crippen molar-refractivity contribution in [3.63, 3.8) is 0 Å². The van der Waals surface area contributed by atoms with Gasteiger partial charge in [0.1, 0.15) is 0 Å². The summed E-state index contributed by atoms with van der Waals surface area (Å²) < 4.78 is 26.1. The van der Waals surface area contributed by atoms with Crippen molar-refractivity contribution in [3.8, 4) is 0 Å². The van der Waals surface area contributed by atoms with Crippen LogP contribution in [0.3, 0.4) is 0 Å². The van der Waals surface area contributed by atoms with E-state index in [2.05, 4.69) is 18.3 Å². The van der Waals surface area contributed by atoms with Gasteiger partial charge in [0.05, 0.1) is 6.54 Å². The maximum Gasteiger partial charge on any atom is 0.243 e. The molecule has 0 saturated heterocycles. The largest absolute Gasteiger partial charge is 0.362 e. The third-order valence-electron chi connectivity index (χ3n) is 3.99. The van der Waals surface area contributed by atoms with E-state index in [4.69, 9.17) is 0 Å². The molecule has 3 nitrogen and oxygen atoms in total. The van der Waals surface area contributed by atoms with Crippen LogP contribution in [0.15, 0.2) is 36.4 Å². The molecule has 0 aliphatic carbocycles. The number of carbonyl (C=O) groups excluding carboxylic acids is 1.